The lowest BCUT2D eigenvalue weighted by atomic mass is 10.1. The number of fused-ring (bicyclic) bond motifs is 3. The Morgan fingerprint density at radius 2 is 1.61 bits per heavy atom. The molecule has 23 heavy (non-hydrogen) atoms. The summed E-state index contributed by atoms with van der Waals surface area (Å²) in [6, 6.07) is 23.1. The number of aromatic nitrogens is 1. The van der Waals surface area contributed by atoms with Crippen LogP contribution in [0.25, 0.3) is 33.6 Å². The molecule has 2 heteroatoms. The van der Waals surface area contributed by atoms with Gasteiger partial charge in [0.15, 0.2) is 0 Å². The first-order valence-electron chi connectivity index (χ1n) is 7.62. The molecule has 0 saturated heterocycles. The van der Waals surface area contributed by atoms with Gasteiger partial charge in [0.1, 0.15) is 5.75 Å². The van der Waals surface area contributed by atoms with E-state index in [2.05, 4.69) is 65.7 Å². The summed E-state index contributed by atoms with van der Waals surface area (Å²) in [6.07, 6.45) is 1.89. The zero-order valence-corrected chi connectivity index (χ0v) is 13.0. The fourth-order valence-corrected chi connectivity index (χ4v) is 3.13. The second kappa shape index (κ2) is 5.33. The number of ether oxygens (including phenoxy) is 1. The van der Waals surface area contributed by atoms with Gasteiger partial charge in [-0.15, -0.1) is 0 Å². The van der Waals surface area contributed by atoms with E-state index >= 15 is 0 Å². The summed E-state index contributed by atoms with van der Waals surface area (Å²) in [6.45, 7) is 3.88. The fourth-order valence-electron chi connectivity index (χ4n) is 3.13. The predicted molar refractivity (Wildman–Crippen MR) is 97.4 cm³/mol. The zero-order chi connectivity index (χ0) is 15.8. The summed E-state index contributed by atoms with van der Waals surface area (Å²) in [7, 11) is 1.69. The highest BCUT2D eigenvalue weighted by Gasteiger charge is 2.11. The second-order valence-corrected chi connectivity index (χ2v) is 5.53. The van der Waals surface area contributed by atoms with Gasteiger partial charge in [-0.25, -0.2) is 0 Å². The van der Waals surface area contributed by atoms with Crippen LogP contribution in [0.4, 0.5) is 0 Å². The average molecular weight is 299 g/mol. The van der Waals surface area contributed by atoms with Gasteiger partial charge < -0.3 is 9.30 Å². The molecular formula is C21H17NO. The minimum atomic E-state index is 0.864. The molecular weight excluding hydrogens is 282 g/mol. The lowest BCUT2D eigenvalue weighted by Gasteiger charge is -2.08. The molecule has 0 aliphatic carbocycles. The van der Waals surface area contributed by atoms with E-state index in [1.807, 2.05) is 18.2 Å². The molecule has 0 aliphatic rings. The third-order valence-corrected chi connectivity index (χ3v) is 4.26. The van der Waals surface area contributed by atoms with Crippen LogP contribution in [0.3, 0.4) is 0 Å². The molecule has 4 rings (SSSR count). The van der Waals surface area contributed by atoms with Crippen molar-refractivity contribution in [3.63, 3.8) is 0 Å². The lowest BCUT2D eigenvalue weighted by molar-refractivity contribution is 0.415. The number of nitrogens with zero attached hydrogens (tertiary/aromatic N) is 1. The second-order valence-electron chi connectivity index (χ2n) is 5.53. The number of benzene rings is 3. The summed E-state index contributed by atoms with van der Waals surface area (Å²) in [5, 5.41) is 2.50. The number of rotatable bonds is 3. The minimum absolute atomic E-state index is 0.864. The van der Waals surface area contributed by atoms with Crippen LogP contribution in [0, 0.1) is 0 Å². The van der Waals surface area contributed by atoms with Crippen molar-refractivity contribution in [2.75, 3.05) is 7.11 Å². The topological polar surface area (TPSA) is 14.2 Å². The molecule has 0 aliphatic heterocycles. The van der Waals surface area contributed by atoms with Crippen molar-refractivity contribution in [3.05, 3.63) is 78.9 Å². The monoisotopic (exact) mass is 299 g/mol. The molecule has 0 unspecified atom stereocenters. The quantitative estimate of drug-likeness (QED) is 0.491. The van der Waals surface area contributed by atoms with Gasteiger partial charge in [0.25, 0.3) is 0 Å². The van der Waals surface area contributed by atoms with Crippen LogP contribution in [0.5, 0.6) is 5.75 Å². The SMILES string of the molecule is C=Cc1ccc2c(c1)c1ccccc1n2-c1ccc(OC)cc1. The van der Waals surface area contributed by atoms with E-state index < -0.39 is 0 Å². The molecule has 1 heterocycles. The molecule has 3 aromatic carbocycles. The van der Waals surface area contributed by atoms with Crippen molar-refractivity contribution in [2.24, 2.45) is 0 Å². The Labute approximate surface area is 135 Å². The van der Waals surface area contributed by atoms with Gasteiger partial charge in [-0.1, -0.05) is 36.9 Å². The van der Waals surface area contributed by atoms with Crippen molar-refractivity contribution >= 4 is 27.9 Å². The number of para-hydroxylation sites is 1. The molecule has 0 spiro atoms. The van der Waals surface area contributed by atoms with E-state index in [0.29, 0.717) is 0 Å². The van der Waals surface area contributed by atoms with Gasteiger partial charge >= 0.3 is 0 Å². The van der Waals surface area contributed by atoms with Gasteiger partial charge in [0.2, 0.25) is 0 Å². The highest BCUT2D eigenvalue weighted by atomic mass is 16.5. The molecule has 0 fully saturated rings. The molecule has 0 bridgehead atoms. The first-order chi connectivity index (χ1) is 11.3. The molecule has 1 aromatic heterocycles. The Hall–Kier alpha value is -3.00. The molecule has 0 N–H and O–H groups in total. The Kier molecular flexibility index (Phi) is 3.16. The Balaban J connectivity index is 2.08. The smallest absolute Gasteiger partial charge is 0.119 e. The highest BCUT2D eigenvalue weighted by molar-refractivity contribution is 6.09. The third-order valence-electron chi connectivity index (χ3n) is 4.26. The number of methoxy groups -OCH3 is 1. The largest absolute Gasteiger partial charge is 0.497 e. The Morgan fingerprint density at radius 1 is 0.870 bits per heavy atom. The number of hydrogen-bond donors (Lipinski definition) is 0. The van der Waals surface area contributed by atoms with Gasteiger partial charge in [0, 0.05) is 16.5 Å². The summed E-state index contributed by atoms with van der Waals surface area (Å²) in [4.78, 5) is 0. The molecule has 0 amide bonds. The van der Waals surface area contributed by atoms with Gasteiger partial charge in [-0.3, -0.25) is 0 Å². The van der Waals surface area contributed by atoms with Crippen LogP contribution in [-0.4, -0.2) is 11.7 Å². The first kappa shape index (κ1) is 13.6. The van der Waals surface area contributed by atoms with E-state index in [0.717, 1.165) is 17.0 Å². The molecule has 4 aromatic rings. The normalized spacial score (nSPS) is 11.0. The molecule has 2 nitrogen and oxygen atoms in total. The average Bonchev–Trinajstić information content (AvgIpc) is 2.95. The highest BCUT2D eigenvalue weighted by Crippen LogP contribution is 2.33. The molecule has 0 radical (unpaired) electrons. The van der Waals surface area contributed by atoms with Gasteiger partial charge in [0.05, 0.1) is 18.1 Å². The van der Waals surface area contributed by atoms with Crippen molar-refractivity contribution in [2.45, 2.75) is 0 Å². The van der Waals surface area contributed by atoms with E-state index in [1.54, 1.807) is 7.11 Å². The van der Waals surface area contributed by atoms with Crippen LogP contribution in [0.15, 0.2) is 73.3 Å². The van der Waals surface area contributed by atoms with Crippen LogP contribution in [-0.2, 0) is 0 Å². The Morgan fingerprint density at radius 3 is 2.35 bits per heavy atom. The van der Waals surface area contributed by atoms with E-state index in [-0.39, 0.29) is 0 Å². The van der Waals surface area contributed by atoms with Gasteiger partial charge in [-0.2, -0.15) is 0 Å². The zero-order valence-electron chi connectivity index (χ0n) is 13.0. The summed E-state index contributed by atoms with van der Waals surface area (Å²) in [5.41, 5.74) is 4.66. The summed E-state index contributed by atoms with van der Waals surface area (Å²) < 4.78 is 7.56. The third kappa shape index (κ3) is 2.11. The molecule has 112 valence electrons. The lowest BCUT2D eigenvalue weighted by Crippen LogP contribution is -1.93. The standard InChI is InChI=1S/C21H17NO/c1-3-15-8-13-21-19(14-15)18-6-4-5-7-20(18)22(21)16-9-11-17(23-2)12-10-16/h3-14H,1H2,2H3. The van der Waals surface area contributed by atoms with Crippen molar-refractivity contribution in [1.82, 2.24) is 4.57 Å². The van der Waals surface area contributed by atoms with Crippen LogP contribution >= 0.6 is 0 Å². The van der Waals surface area contributed by atoms with E-state index in [4.69, 9.17) is 4.74 Å². The van der Waals surface area contributed by atoms with Crippen molar-refractivity contribution < 1.29 is 4.74 Å². The van der Waals surface area contributed by atoms with Crippen molar-refractivity contribution in [3.8, 4) is 11.4 Å². The molecule has 0 atom stereocenters. The Bertz CT molecular complexity index is 1010. The van der Waals surface area contributed by atoms with Crippen molar-refractivity contribution in [1.29, 1.82) is 0 Å². The maximum absolute atomic E-state index is 5.27. The minimum Gasteiger partial charge on any atom is -0.497 e. The van der Waals surface area contributed by atoms with E-state index in [9.17, 15) is 0 Å². The number of hydrogen-bond acceptors (Lipinski definition) is 1. The fraction of sp³-hybridized carbons (Fsp3) is 0.0476. The van der Waals surface area contributed by atoms with Gasteiger partial charge in [-0.05, 0) is 48.0 Å². The maximum atomic E-state index is 5.27. The van der Waals surface area contributed by atoms with Crippen LogP contribution in [0.2, 0.25) is 0 Å². The molecule has 0 saturated carbocycles. The first-order valence-corrected chi connectivity index (χ1v) is 7.62. The predicted octanol–water partition coefficient (Wildman–Crippen LogP) is 5.44. The van der Waals surface area contributed by atoms with E-state index in [1.165, 1.54) is 21.8 Å². The van der Waals surface area contributed by atoms with Crippen LogP contribution in [0.1, 0.15) is 5.56 Å². The maximum Gasteiger partial charge on any atom is 0.119 e. The summed E-state index contributed by atoms with van der Waals surface area (Å²) >= 11 is 0. The van der Waals surface area contributed by atoms with Crippen LogP contribution < -0.4 is 4.74 Å². The summed E-state index contributed by atoms with van der Waals surface area (Å²) in [5.74, 6) is 0.864.